The van der Waals surface area contributed by atoms with Gasteiger partial charge < -0.3 is 4.74 Å². The van der Waals surface area contributed by atoms with E-state index in [1.54, 1.807) is 48.5 Å². The molecule has 0 N–H and O–H groups in total. The number of hydrogen-bond acceptors (Lipinski definition) is 1. The minimum Gasteiger partial charge on any atom is -0.456 e. The molecule has 0 unspecified atom stereocenters. The predicted molar refractivity (Wildman–Crippen MR) is 91.4 cm³/mol. The van der Waals surface area contributed by atoms with Crippen LogP contribution in [0.5, 0.6) is 11.5 Å². The molecule has 0 heterocycles. The highest BCUT2D eigenvalue weighted by atomic mass is 35.6. The van der Waals surface area contributed by atoms with E-state index in [4.69, 9.17) is 74.3 Å². The van der Waals surface area contributed by atoms with Crippen LogP contribution in [-0.4, -0.2) is 0 Å². The van der Waals surface area contributed by atoms with Gasteiger partial charge in [-0.05, 0) is 12.1 Å². The van der Waals surface area contributed by atoms with E-state index in [0.717, 1.165) is 0 Å². The van der Waals surface area contributed by atoms with Crippen LogP contribution < -0.4 is 4.74 Å². The zero-order chi connectivity index (χ0) is 15.7. The number of para-hydroxylation sites is 2. The van der Waals surface area contributed by atoms with Crippen LogP contribution in [0.25, 0.3) is 0 Å². The van der Waals surface area contributed by atoms with Gasteiger partial charge in [0.25, 0.3) is 0 Å². The second-order valence-electron chi connectivity index (χ2n) is 4.09. The molecule has 0 saturated carbocycles. The Balaban J connectivity index is 2.45. The summed E-state index contributed by atoms with van der Waals surface area (Å²) >= 11 is 35.6. The Morgan fingerprint density at radius 1 is 0.571 bits per heavy atom. The molecule has 0 spiro atoms. The van der Waals surface area contributed by atoms with Crippen molar-refractivity contribution >= 4 is 69.6 Å². The van der Waals surface area contributed by atoms with E-state index in [2.05, 4.69) is 0 Å². The summed E-state index contributed by atoms with van der Waals surface area (Å²) in [7, 11) is 0. The summed E-state index contributed by atoms with van der Waals surface area (Å²) in [5, 5.41) is 0. The molecule has 2 aromatic carbocycles. The predicted octanol–water partition coefficient (Wildman–Crippen LogP) is 7.13. The lowest BCUT2D eigenvalue weighted by Crippen LogP contribution is -2.06. The van der Waals surface area contributed by atoms with Gasteiger partial charge >= 0.3 is 0 Å². The fourth-order valence-electron chi connectivity index (χ4n) is 1.70. The van der Waals surface area contributed by atoms with Gasteiger partial charge in [-0.3, -0.25) is 0 Å². The van der Waals surface area contributed by atoms with Crippen molar-refractivity contribution in [3.05, 3.63) is 59.7 Å². The lowest BCUT2D eigenvalue weighted by Gasteiger charge is -2.20. The third-order valence-electron chi connectivity index (χ3n) is 2.60. The molecular weight excluding hydrogens is 397 g/mol. The summed E-state index contributed by atoms with van der Waals surface area (Å²) in [6.07, 6.45) is 0. The van der Waals surface area contributed by atoms with E-state index in [1.807, 2.05) is 0 Å². The Kier molecular flexibility index (Phi) is 5.46. The standard InChI is InChI=1S/C14H8Cl6O/c15-13(16,17)9-5-1-3-7-11(9)21-12-8-4-2-6-10(12)14(18,19)20/h1-8H. The zero-order valence-electron chi connectivity index (χ0n) is 10.3. The highest BCUT2D eigenvalue weighted by Gasteiger charge is 2.30. The number of alkyl halides is 6. The third kappa shape index (κ3) is 4.48. The molecule has 0 radical (unpaired) electrons. The van der Waals surface area contributed by atoms with Crippen LogP contribution in [-0.2, 0) is 7.59 Å². The van der Waals surface area contributed by atoms with E-state index in [-0.39, 0.29) is 0 Å². The molecule has 1 nitrogen and oxygen atoms in total. The maximum Gasteiger partial charge on any atom is 0.219 e. The Bertz CT molecular complexity index is 574. The lowest BCUT2D eigenvalue weighted by molar-refractivity contribution is 0.471. The molecular formula is C14H8Cl6O. The Morgan fingerprint density at radius 3 is 1.24 bits per heavy atom. The fraction of sp³-hybridized carbons (Fsp3) is 0.143. The number of rotatable bonds is 2. The van der Waals surface area contributed by atoms with Gasteiger partial charge in [0.15, 0.2) is 0 Å². The first kappa shape index (κ1) is 17.3. The van der Waals surface area contributed by atoms with Crippen molar-refractivity contribution < 1.29 is 4.74 Å². The molecule has 0 atom stereocenters. The molecule has 0 aliphatic carbocycles. The number of hydrogen-bond donors (Lipinski definition) is 0. The van der Waals surface area contributed by atoms with E-state index in [9.17, 15) is 0 Å². The van der Waals surface area contributed by atoms with Crippen LogP contribution in [0.1, 0.15) is 11.1 Å². The molecule has 2 aromatic rings. The molecule has 0 aromatic heterocycles. The monoisotopic (exact) mass is 402 g/mol. The van der Waals surface area contributed by atoms with E-state index >= 15 is 0 Å². The number of halogens is 6. The van der Waals surface area contributed by atoms with Crippen molar-refractivity contribution in [1.29, 1.82) is 0 Å². The molecule has 2 rings (SSSR count). The smallest absolute Gasteiger partial charge is 0.219 e. The summed E-state index contributed by atoms with van der Waals surface area (Å²) in [5.74, 6) is 0.749. The first-order valence-corrected chi connectivity index (χ1v) is 7.96. The normalized spacial score (nSPS) is 12.3. The maximum atomic E-state index is 5.93. The fourth-order valence-corrected chi connectivity index (χ4v) is 2.63. The van der Waals surface area contributed by atoms with Crippen molar-refractivity contribution in [2.75, 3.05) is 0 Å². The van der Waals surface area contributed by atoms with Crippen LogP contribution in [0, 0.1) is 0 Å². The van der Waals surface area contributed by atoms with Crippen LogP contribution in [0.15, 0.2) is 48.5 Å². The maximum absolute atomic E-state index is 5.93. The first-order chi connectivity index (χ1) is 9.69. The summed E-state index contributed by atoms with van der Waals surface area (Å²) < 4.78 is 2.55. The van der Waals surface area contributed by atoms with Gasteiger partial charge in [-0.15, -0.1) is 0 Å². The quantitative estimate of drug-likeness (QED) is 0.483. The average molecular weight is 405 g/mol. The van der Waals surface area contributed by atoms with Crippen molar-refractivity contribution in [2.24, 2.45) is 0 Å². The molecule has 0 aliphatic rings. The number of benzene rings is 2. The van der Waals surface area contributed by atoms with Crippen molar-refractivity contribution in [3.8, 4) is 11.5 Å². The largest absolute Gasteiger partial charge is 0.456 e. The van der Waals surface area contributed by atoms with Gasteiger partial charge in [0, 0.05) is 11.1 Å². The Hall–Kier alpha value is -0.0200. The third-order valence-corrected chi connectivity index (χ3v) is 3.83. The SMILES string of the molecule is ClC(Cl)(Cl)c1ccccc1Oc1ccccc1C(Cl)(Cl)Cl. The minimum atomic E-state index is -1.62. The zero-order valence-corrected chi connectivity index (χ0v) is 14.8. The molecule has 0 fully saturated rings. The van der Waals surface area contributed by atoms with Gasteiger partial charge in [0.05, 0.1) is 0 Å². The summed E-state index contributed by atoms with van der Waals surface area (Å²) in [6.45, 7) is 0. The van der Waals surface area contributed by atoms with Gasteiger partial charge in [0.2, 0.25) is 7.59 Å². The minimum absolute atomic E-state index is 0.374. The van der Waals surface area contributed by atoms with Gasteiger partial charge in [-0.1, -0.05) is 106 Å². The Morgan fingerprint density at radius 2 is 0.905 bits per heavy atom. The van der Waals surface area contributed by atoms with Crippen LogP contribution in [0.4, 0.5) is 0 Å². The van der Waals surface area contributed by atoms with Gasteiger partial charge in [-0.25, -0.2) is 0 Å². The highest BCUT2D eigenvalue weighted by molar-refractivity contribution is 6.67. The molecule has 0 bridgehead atoms. The van der Waals surface area contributed by atoms with E-state index in [0.29, 0.717) is 22.6 Å². The summed E-state index contributed by atoms with van der Waals surface area (Å²) in [5.41, 5.74) is 0.795. The van der Waals surface area contributed by atoms with E-state index in [1.165, 1.54) is 0 Å². The van der Waals surface area contributed by atoms with Crippen molar-refractivity contribution in [2.45, 2.75) is 7.59 Å². The van der Waals surface area contributed by atoms with Crippen molar-refractivity contribution in [1.82, 2.24) is 0 Å². The van der Waals surface area contributed by atoms with Crippen molar-refractivity contribution in [3.63, 3.8) is 0 Å². The van der Waals surface area contributed by atoms with Crippen LogP contribution >= 0.6 is 69.6 Å². The lowest BCUT2D eigenvalue weighted by atomic mass is 10.2. The molecule has 112 valence electrons. The van der Waals surface area contributed by atoms with Gasteiger partial charge in [0.1, 0.15) is 11.5 Å². The highest BCUT2D eigenvalue weighted by Crippen LogP contribution is 2.47. The molecule has 0 saturated heterocycles. The number of ether oxygens (including phenoxy) is 1. The molecule has 21 heavy (non-hydrogen) atoms. The second kappa shape index (κ2) is 6.62. The second-order valence-corrected chi connectivity index (χ2v) is 8.65. The molecule has 7 heteroatoms. The first-order valence-electron chi connectivity index (χ1n) is 5.70. The van der Waals surface area contributed by atoms with Gasteiger partial charge in [-0.2, -0.15) is 0 Å². The molecule has 0 aliphatic heterocycles. The topological polar surface area (TPSA) is 9.23 Å². The summed E-state index contributed by atoms with van der Waals surface area (Å²) in [6, 6.07) is 13.6. The molecule has 0 amide bonds. The van der Waals surface area contributed by atoms with Crippen LogP contribution in [0.2, 0.25) is 0 Å². The van der Waals surface area contributed by atoms with Crippen LogP contribution in [0.3, 0.4) is 0 Å². The van der Waals surface area contributed by atoms with E-state index < -0.39 is 7.59 Å². The Labute approximate surface area is 152 Å². The summed E-state index contributed by atoms with van der Waals surface area (Å²) in [4.78, 5) is 0. The average Bonchev–Trinajstić information content (AvgIpc) is 2.37.